The van der Waals surface area contributed by atoms with Crippen LogP contribution in [-0.4, -0.2) is 23.0 Å². The van der Waals surface area contributed by atoms with Crippen molar-refractivity contribution in [1.82, 2.24) is 0 Å². The lowest BCUT2D eigenvalue weighted by atomic mass is 10.2. The fourth-order valence-corrected chi connectivity index (χ4v) is 3.30. The summed E-state index contributed by atoms with van der Waals surface area (Å²) >= 11 is 12.5. The predicted octanol–water partition coefficient (Wildman–Crippen LogP) is 7.24. The number of anilines is 1. The van der Waals surface area contributed by atoms with E-state index in [0.717, 1.165) is 0 Å². The zero-order chi connectivity index (χ0) is 24.8. The second-order valence-electron chi connectivity index (χ2n) is 7.12. The molecule has 0 radical (unpaired) electrons. The molecule has 0 aliphatic heterocycles. The summed E-state index contributed by atoms with van der Waals surface area (Å²) in [6.07, 6.45) is -0.356. The van der Waals surface area contributed by atoms with Gasteiger partial charge in [-0.15, -0.1) is 0 Å². The SMILES string of the molecule is CC(C)OC(=NC(=O)Nc1cc(Cl)c(Oc2ccc([N+](=O)[O-])cc2)c(Cl)c1)c1ccccc1F. The van der Waals surface area contributed by atoms with E-state index in [4.69, 9.17) is 32.7 Å². The molecule has 2 amide bonds. The van der Waals surface area contributed by atoms with Crippen LogP contribution in [0.25, 0.3) is 0 Å². The Balaban J connectivity index is 1.80. The maximum Gasteiger partial charge on any atom is 0.348 e. The number of nitro groups is 1. The lowest BCUT2D eigenvalue weighted by Crippen LogP contribution is -2.18. The van der Waals surface area contributed by atoms with E-state index < -0.39 is 16.8 Å². The molecule has 34 heavy (non-hydrogen) atoms. The maximum absolute atomic E-state index is 14.2. The Kier molecular flexibility index (Phi) is 8.04. The van der Waals surface area contributed by atoms with Crippen LogP contribution < -0.4 is 10.1 Å². The predicted molar refractivity (Wildman–Crippen MR) is 128 cm³/mol. The van der Waals surface area contributed by atoms with Crippen molar-refractivity contribution in [2.24, 2.45) is 4.99 Å². The summed E-state index contributed by atoms with van der Waals surface area (Å²) < 4.78 is 25.3. The summed E-state index contributed by atoms with van der Waals surface area (Å²) in [7, 11) is 0. The van der Waals surface area contributed by atoms with Gasteiger partial charge in [-0.3, -0.25) is 10.1 Å². The summed E-state index contributed by atoms with van der Waals surface area (Å²) in [5, 5.41) is 13.4. The molecule has 0 spiro atoms. The monoisotopic (exact) mass is 505 g/mol. The van der Waals surface area contributed by atoms with Crippen LogP contribution in [0.3, 0.4) is 0 Å². The van der Waals surface area contributed by atoms with Gasteiger partial charge in [0.2, 0.25) is 5.90 Å². The molecule has 3 aromatic carbocycles. The Labute approximate surface area is 204 Å². The van der Waals surface area contributed by atoms with E-state index in [1.807, 2.05) is 0 Å². The molecule has 0 heterocycles. The molecule has 11 heteroatoms. The largest absolute Gasteiger partial charge is 0.474 e. The van der Waals surface area contributed by atoms with Crippen molar-refractivity contribution in [3.05, 3.63) is 92.2 Å². The van der Waals surface area contributed by atoms with Gasteiger partial charge in [0.1, 0.15) is 11.6 Å². The maximum atomic E-state index is 14.2. The minimum atomic E-state index is -0.838. The first-order valence-corrected chi connectivity index (χ1v) is 10.6. The summed E-state index contributed by atoms with van der Waals surface area (Å²) in [4.78, 5) is 26.6. The van der Waals surface area contributed by atoms with Gasteiger partial charge in [-0.05, 0) is 50.2 Å². The highest BCUT2D eigenvalue weighted by molar-refractivity contribution is 6.37. The second-order valence-corrected chi connectivity index (χ2v) is 7.93. The Morgan fingerprint density at radius 2 is 1.71 bits per heavy atom. The van der Waals surface area contributed by atoms with Crippen molar-refractivity contribution in [1.29, 1.82) is 0 Å². The zero-order valence-electron chi connectivity index (χ0n) is 17.9. The molecular formula is C23H18Cl2FN3O5. The van der Waals surface area contributed by atoms with Crippen molar-refractivity contribution >= 4 is 46.5 Å². The number of benzene rings is 3. The fraction of sp³-hybridized carbons (Fsp3) is 0.130. The van der Waals surface area contributed by atoms with Crippen LogP contribution in [0, 0.1) is 15.9 Å². The third kappa shape index (κ3) is 6.43. The molecule has 0 aliphatic carbocycles. The number of urea groups is 1. The highest BCUT2D eigenvalue weighted by atomic mass is 35.5. The number of amides is 2. The summed E-state index contributed by atoms with van der Waals surface area (Å²) in [5.41, 5.74) is 0.144. The smallest absolute Gasteiger partial charge is 0.348 e. The van der Waals surface area contributed by atoms with Crippen molar-refractivity contribution < 1.29 is 23.6 Å². The first-order valence-electron chi connectivity index (χ1n) is 9.86. The molecule has 1 N–H and O–H groups in total. The average molecular weight is 506 g/mol. The van der Waals surface area contributed by atoms with Crippen molar-refractivity contribution in [2.75, 3.05) is 5.32 Å². The van der Waals surface area contributed by atoms with Crippen LogP contribution in [0.15, 0.2) is 65.7 Å². The molecule has 0 atom stereocenters. The zero-order valence-corrected chi connectivity index (χ0v) is 19.4. The number of nitrogens with zero attached hydrogens (tertiary/aromatic N) is 2. The van der Waals surface area contributed by atoms with Crippen LogP contribution in [0.4, 0.5) is 20.6 Å². The summed E-state index contributed by atoms with van der Waals surface area (Å²) in [6, 6.07) is 13.1. The molecule has 0 aliphatic rings. The van der Waals surface area contributed by atoms with Crippen LogP contribution in [0.2, 0.25) is 10.0 Å². The van der Waals surface area contributed by atoms with E-state index in [1.165, 1.54) is 54.6 Å². The molecule has 176 valence electrons. The molecule has 3 aromatic rings. The summed E-state index contributed by atoms with van der Waals surface area (Å²) in [5.74, 6) is -0.403. The first kappa shape index (κ1) is 24.9. The molecule has 8 nitrogen and oxygen atoms in total. The van der Waals surface area contributed by atoms with Crippen molar-refractivity contribution in [3.63, 3.8) is 0 Å². The van der Waals surface area contributed by atoms with Crippen LogP contribution in [-0.2, 0) is 4.74 Å². The number of nitro benzene ring substituents is 1. The van der Waals surface area contributed by atoms with Gasteiger partial charge in [0.25, 0.3) is 5.69 Å². The fourth-order valence-electron chi connectivity index (χ4n) is 2.73. The van der Waals surface area contributed by atoms with Crippen LogP contribution in [0.5, 0.6) is 11.5 Å². The normalized spacial score (nSPS) is 11.3. The van der Waals surface area contributed by atoms with Crippen LogP contribution in [0.1, 0.15) is 19.4 Å². The average Bonchev–Trinajstić information content (AvgIpc) is 2.76. The lowest BCUT2D eigenvalue weighted by molar-refractivity contribution is -0.384. The molecule has 0 fully saturated rings. The number of carbonyl (C=O) groups is 1. The van der Waals surface area contributed by atoms with E-state index in [9.17, 15) is 19.3 Å². The minimum Gasteiger partial charge on any atom is -0.474 e. The molecule has 0 saturated heterocycles. The summed E-state index contributed by atoms with van der Waals surface area (Å²) in [6.45, 7) is 3.44. The number of aliphatic imine (C=N–C) groups is 1. The third-order valence-corrected chi connectivity index (χ3v) is 4.73. The molecule has 0 unspecified atom stereocenters. The van der Waals surface area contributed by atoms with Gasteiger partial charge in [-0.1, -0.05) is 35.3 Å². The van der Waals surface area contributed by atoms with Gasteiger partial charge in [-0.2, -0.15) is 4.99 Å². The Morgan fingerprint density at radius 1 is 1.09 bits per heavy atom. The first-order chi connectivity index (χ1) is 16.1. The topological polar surface area (TPSA) is 103 Å². The number of ether oxygens (including phenoxy) is 2. The second kappa shape index (κ2) is 11.0. The Morgan fingerprint density at radius 3 is 2.26 bits per heavy atom. The number of halogens is 3. The third-order valence-electron chi connectivity index (χ3n) is 4.17. The Hall–Kier alpha value is -3.69. The van der Waals surface area contributed by atoms with Gasteiger partial charge in [0, 0.05) is 17.8 Å². The number of nitrogens with one attached hydrogen (secondary N) is 1. The number of hydrogen-bond donors (Lipinski definition) is 1. The molecule has 0 saturated carbocycles. The van der Waals surface area contributed by atoms with Gasteiger partial charge in [0.15, 0.2) is 5.75 Å². The molecule has 0 aromatic heterocycles. The van der Waals surface area contributed by atoms with E-state index >= 15 is 0 Å². The van der Waals surface area contributed by atoms with Gasteiger partial charge < -0.3 is 14.8 Å². The standard InChI is InChI=1S/C23H18Cl2FN3O5/c1-13(2)33-22(17-5-3-4-6-20(17)26)28-23(30)27-14-11-18(24)21(19(25)12-14)34-16-9-7-15(8-10-16)29(31)32/h3-13H,1-2H3,(H,27,30). The number of hydrogen-bond acceptors (Lipinski definition) is 5. The van der Waals surface area contributed by atoms with Gasteiger partial charge in [-0.25, -0.2) is 9.18 Å². The van der Waals surface area contributed by atoms with Crippen LogP contribution >= 0.6 is 23.2 Å². The highest BCUT2D eigenvalue weighted by Gasteiger charge is 2.17. The van der Waals surface area contributed by atoms with E-state index in [0.29, 0.717) is 0 Å². The van der Waals surface area contributed by atoms with E-state index in [1.54, 1.807) is 19.9 Å². The number of rotatable bonds is 6. The van der Waals surface area contributed by atoms with Crippen molar-refractivity contribution in [2.45, 2.75) is 20.0 Å². The Bertz CT molecular complexity index is 1230. The number of non-ortho nitro benzene ring substituents is 1. The molecule has 3 rings (SSSR count). The van der Waals surface area contributed by atoms with E-state index in [2.05, 4.69) is 10.3 Å². The van der Waals surface area contributed by atoms with E-state index in [-0.39, 0.29) is 50.5 Å². The van der Waals surface area contributed by atoms with Gasteiger partial charge >= 0.3 is 6.03 Å². The minimum absolute atomic E-state index is 0.0364. The quantitative estimate of drug-likeness (QED) is 0.164. The highest BCUT2D eigenvalue weighted by Crippen LogP contribution is 2.39. The van der Waals surface area contributed by atoms with Crippen molar-refractivity contribution in [3.8, 4) is 11.5 Å². The van der Waals surface area contributed by atoms with Gasteiger partial charge in [0.05, 0.1) is 26.6 Å². The molecular weight excluding hydrogens is 488 g/mol. The lowest BCUT2D eigenvalue weighted by Gasteiger charge is -2.14. The number of carbonyl (C=O) groups excluding carboxylic acids is 1. The molecule has 0 bridgehead atoms.